The van der Waals surface area contributed by atoms with E-state index in [9.17, 15) is 9.18 Å². The van der Waals surface area contributed by atoms with Crippen LogP contribution in [0, 0.1) is 9.39 Å². The summed E-state index contributed by atoms with van der Waals surface area (Å²) >= 11 is 1.99. The van der Waals surface area contributed by atoms with Crippen molar-refractivity contribution in [2.75, 3.05) is 23.9 Å². The van der Waals surface area contributed by atoms with E-state index in [4.69, 9.17) is 4.74 Å². The third kappa shape index (κ3) is 5.53. The van der Waals surface area contributed by atoms with Gasteiger partial charge < -0.3 is 15.0 Å². The Morgan fingerprint density at radius 3 is 2.70 bits per heavy atom. The molecule has 0 saturated heterocycles. The number of nitrogens with one attached hydrogen (secondary N) is 1. The molecule has 3 rings (SSSR count). The van der Waals surface area contributed by atoms with Crippen molar-refractivity contribution in [3.8, 4) is 5.75 Å². The molecule has 0 aliphatic carbocycles. The Hall–Kier alpha value is -3.01. The molecule has 3 aromatic rings. The molecule has 6 nitrogen and oxygen atoms in total. The maximum Gasteiger partial charge on any atom is 0.259 e. The predicted octanol–water partition coefficient (Wildman–Crippen LogP) is 4.67. The minimum absolute atomic E-state index is 0.0447. The van der Waals surface area contributed by atoms with E-state index in [1.165, 1.54) is 12.1 Å². The highest BCUT2D eigenvalue weighted by Crippen LogP contribution is 2.18. The van der Waals surface area contributed by atoms with Crippen LogP contribution in [0.3, 0.4) is 0 Å². The molecule has 0 bridgehead atoms. The van der Waals surface area contributed by atoms with Crippen molar-refractivity contribution in [2.24, 2.45) is 0 Å². The van der Waals surface area contributed by atoms with Gasteiger partial charge in [-0.25, -0.2) is 9.37 Å². The molecule has 2 aromatic carbocycles. The zero-order valence-corrected chi connectivity index (χ0v) is 18.5. The summed E-state index contributed by atoms with van der Waals surface area (Å²) in [5.41, 5.74) is 0.994. The van der Waals surface area contributed by atoms with Crippen LogP contribution in [-0.2, 0) is 6.54 Å². The Bertz CT molecular complexity index is 1040. The first kappa shape index (κ1) is 21.7. The number of carbonyl (C=O) groups excluding carboxylic acids is 1. The van der Waals surface area contributed by atoms with Crippen LogP contribution >= 0.6 is 22.6 Å². The van der Waals surface area contributed by atoms with Crippen molar-refractivity contribution in [3.63, 3.8) is 0 Å². The van der Waals surface area contributed by atoms with Crippen LogP contribution in [0.4, 0.5) is 16.2 Å². The Morgan fingerprint density at radius 1 is 1.27 bits per heavy atom. The molecule has 8 heteroatoms. The lowest BCUT2D eigenvalue weighted by molar-refractivity contribution is 0.102. The Morgan fingerprint density at radius 2 is 2.03 bits per heavy atom. The third-order valence-corrected chi connectivity index (χ3v) is 4.90. The number of ether oxygens (including phenoxy) is 1. The monoisotopic (exact) mass is 518 g/mol. The van der Waals surface area contributed by atoms with Crippen molar-refractivity contribution in [1.82, 2.24) is 9.97 Å². The Kier molecular flexibility index (Phi) is 7.34. The molecule has 0 fully saturated rings. The Balaban J connectivity index is 1.78. The number of benzene rings is 2. The first-order valence-electron chi connectivity index (χ1n) is 9.08. The number of anilines is 2. The molecular weight excluding hydrogens is 498 g/mol. The third-order valence-electron chi connectivity index (χ3n) is 4.23. The van der Waals surface area contributed by atoms with Crippen LogP contribution in [0.2, 0.25) is 0 Å². The van der Waals surface area contributed by atoms with Gasteiger partial charge in [-0.1, -0.05) is 18.2 Å². The summed E-state index contributed by atoms with van der Waals surface area (Å²) in [7, 11) is 1.62. The molecule has 0 spiro atoms. The summed E-state index contributed by atoms with van der Waals surface area (Å²) in [5.74, 6) is 0.330. The number of hydrogen-bond donors (Lipinski definition) is 1. The molecule has 1 amide bonds. The van der Waals surface area contributed by atoms with E-state index in [0.717, 1.165) is 11.3 Å². The molecule has 1 aromatic heterocycles. The van der Waals surface area contributed by atoms with Crippen LogP contribution < -0.4 is 15.0 Å². The van der Waals surface area contributed by atoms with Gasteiger partial charge in [-0.05, 0) is 64.6 Å². The smallest absolute Gasteiger partial charge is 0.259 e. The molecule has 0 aliphatic heterocycles. The Labute approximate surface area is 187 Å². The molecular formula is C22H20FIN4O2. The minimum Gasteiger partial charge on any atom is -0.497 e. The number of methoxy groups -OCH3 is 1. The maximum absolute atomic E-state index is 14.1. The van der Waals surface area contributed by atoms with Crippen molar-refractivity contribution >= 4 is 40.3 Å². The number of rotatable bonds is 8. The first-order chi connectivity index (χ1) is 14.5. The van der Waals surface area contributed by atoms with Crippen LogP contribution in [0.25, 0.3) is 0 Å². The summed E-state index contributed by atoms with van der Waals surface area (Å²) in [4.78, 5) is 23.1. The lowest BCUT2D eigenvalue weighted by Crippen LogP contribution is -2.25. The van der Waals surface area contributed by atoms with Crippen LogP contribution in [-0.4, -0.2) is 29.5 Å². The SMILES string of the molecule is C=CCN(Cc1ccc(OC)cc1)c1nccc(NC(=O)c2ccc(I)cc2F)n1. The highest BCUT2D eigenvalue weighted by Gasteiger charge is 2.15. The highest BCUT2D eigenvalue weighted by molar-refractivity contribution is 14.1. The zero-order chi connectivity index (χ0) is 21.5. The van der Waals surface area contributed by atoms with Gasteiger partial charge in [0.2, 0.25) is 5.95 Å². The fourth-order valence-corrected chi connectivity index (χ4v) is 3.20. The summed E-state index contributed by atoms with van der Waals surface area (Å²) in [6, 6.07) is 13.7. The van der Waals surface area contributed by atoms with Crippen molar-refractivity contribution < 1.29 is 13.9 Å². The largest absolute Gasteiger partial charge is 0.497 e. The van der Waals surface area contributed by atoms with Gasteiger partial charge in [-0.3, -0.25) is 4.79 Å². The number of halogens is 2. The van der Waals surface area contributed by atoms with Gasteiger partial charge in [0.1, 0.15) is 17.4 Å². The molecule has 1 N–H and O–H groups in total. The molecule has 30 heavy (non-hydrogen) atoms. The minimum atomic E-state index is -0.582. The zero-order valence-electron chi connectivity index (χ0n) is 16.3. The first-order valence-corrected chi connectivity index (χ1v) is 10.2. The lowest BCUT2D eigenvalue weighted by Gasteiger charge is -2.21. The number of amides is 1. The predicted molar refractivity (Wildman–Crippen MR) is 123 cm³/mol. The van der Waals surface area contributed by atoms with Crippen molar-refractivity contribution in [1.29, 1.82) is 0 Å². The molecule has 1 heterocycles. The van der Waals surface area contributed by atoms with Crippen molar-refractivity contribution in [2.45, 2.75) is 6.54 Å². The number of carbonyl (C=O) groups is 1. The average molecular weight is 518 g/mol. The van der Waals surface area contributed by atoms with Gasteiger partial charge >= 0.3 is 0 Å². The standard InChI is InChI=1S/C22H20FIN4O2/c1-3-12-28(14-15-4-7-17(30-2)8-5-15)22-25-11-10-20(27-22)26-21(29)18-9-6-16(24)13-19(18)23/h3-11,13H,1,12,14H2,2H3,(H,25,26,27,29). The number of hydrogen-bond acceptors (Lipinski definition) is 5. The van der Waals surface area contributed by atoms with E-state index < -0.39 is 11.7 Å². The highest BCUT2D eigenvalue weighted by atomic mass is 127. The van der Waals surface area contributed by atoms with Crippen molar-refractivity contribution in [3.05, 3.63) is 87.9 Å². The van der Waals surface area contributed by atoms with E-state index >= 15 is 0 Å². The topological polar surface area (TPSA) is 67.3 Å². The van der Waals surface area contributed by atoms with Crippen LogP contribution in [0.1, 0.15) is 15.9 Å². The van der Waals surface area contributed by atoms with Gasteiger partial charge in [0.25, 0.3) is 5.91 Å². The summed E-state index contributed by atoms with van der Waals surface area (Å²) < 4.78 is 20.0. The lowest BCUT2D eigenvalue weighted by atomic mass is 10.2. The van der Waals surface area contributed by atoms with Gasteiger partial charge in [-0.15, -0.1) is 6.58 Å². The van der Waals surface area contributed by atoms with Gasteiger partial charge in [0, 0.05) is 22.9 Å². The van der Waals surface area contributed by atoms with Gasteiger partial charge in [0.15, 0.2) is 0 Å². The molecule has 0 radical (unpaired) electrons. The molecule has 0 atom stereocenters. The van der Waals surface area contributed by atoms with Gasteiger partial charge in [0.05, 0.1) is 12.7 Å². The summed E-state index contributed by atoms with van der Waals surface area (Å²) in [6.45, 7) is 4.84. The van der Waals surface area contributed by atoms with E-state index in [1.807, 2.05) is 51.8 Å². The molecule has 0 unspecified atom stereocenters. The second-order valence-corrected chi connectivity index (χ2v) is 7.58. The second-order valence-electron chi connectivity index (χ2n) is 6.34. The summed E-state index contributed by atoms with van der Waals surface area (Å²) in [5, 5.41) is 2.63. The van der Waals surface area contributed by atoms with E-state index in [0.29, 0.717) is 22.6 Å². The van der Waals surface area contributed by atoms with Gasteiger partial charge in [-0.2, -0.15) is 4.98 Å². The quantitative estimate of drug-likeness (QED) is 0.347. The fourth-order valence-electron chi connectivity index (χ4n) is 2.75. The van der Waals surface area contributed by atoms with E-state index in [-0.39, 0.29) is 11.4 Å². The summed E-state index contributed by atoms with van der Waals surface area (Å²) in [6.07, 6.45) is 3.30. The fraction of sp³-hybridized carbons (Fsp3) is 0.136. The average Bonchev–Trinajstić information content (AvgIpc) is 2.74. The molecule has 0 aliphatic rings. The maximum atomic E-state index is 14.1. The molecule has 154 valence electrons. The molecule has 0 saturated carbocycles. The number of aromatic nitrogens is 2. The normalized spacial score (nSPS) is 10.4. The van der Waals surface area contributed by atoms with Crippen LogP contribution in [0.15, 0.2) is 67.4 Å². The van der Waals surface area contributed by atoms with E-state index in [2.05, 4.69) is 21.9 Å². The number of nitrogens with zero attached hydrogens (tertiary/aromatic N) is 3. The van der Waals surface area contributed by atoms with Crippen LogP contribution in [0.5, 0.6) is 5.75 Å². The second kappa shape index (κ2) is 10.1. The van der Waals surface area contributed by atoms with E-state index in [1.54, 1.807) is 31.5 Å².